The van der Waals surface area contributed by atoms with E-state index in [1.165, 1.54) is 4.90 Å². The van der Waals surface area contributed by atoms with Gasteiger partial charge in [0.25, 0.3) is 5.91 Å². The molecular weight excluding hydrogens is 1090 g/mol. The van der Waals surface area contributed by atoms with E-state index in [0.29, 0.717) is 46.2 Å². The topological polar surface area (TPSA) is 238 Å². The summed E-state index contributed by atoms with van der Waals surface area (Å²) < 4.78 is 20.3. The van der Waals surface area contributed by atoms with E-state index in [0.717, 1.165) is 54.0 Å². The monoisotopic (exact) mass is 1150 g/mol. The van der Waals surface area contributed by atoms with Gasteiger partial charge in [-0.15, -0.1) is 32.9 Å². The largest absolute Gasteiger partial charge is 0.490 e. The van der Waals surface area contributed by atoms with Crippen molar-refractivity contribution in [1.82, 2.24) is 40.6 Å². The van der Waals surface area contributed by atoms with Gasteiger partial charge in [-0.2, -0.15) is 0 Å². The number of benzene rings is 3. The zero-order valence-corrected chi connectivity index (χ0v) is 49.3. The van der Waals surface area contributed by atoms with Crippen LogP contribution in [0.3, 0.4) is 0 Å². The van der Waals surface area contributed by atoms with Crippen molar-refractivity contribution in [3.8, 4) is 21.2 Å². The number of nitrogens with two attached hydrogens (primary N) is 1. The van der Waals surface area contributed by atoms with Gasteiger partial charge in [0, 0.05) is 51.7 Å². The van der Waals surface area contributed by atoms with Crippen molar-refractivity contribution in [2.45, 2.75) is 143 Å². The van der Waals surface area contributed by atoms with Gasteiger partial charge in [0.05, 0.1) is 40.8 Å². The van der Waals surface area contributed by atoms with Gasteiger partial charge >= 0.3 is 5.97 Å². The highest BCUT2D eigenvalue weighted by Crippen LogP contribution is 2.40. The lowest BCUT2D eigenvalue weighted by Crippen LogP contribution is -2.57. The van der Waals surface area contributed by atoms with Gasteiger partial charge in [0.15, 0.2) is 11.6 Å². The average molecular weight is 1160 g/mol. The number of nitrogens with zero attached hydrogens (tertiary/aromatic N) is 6. The Bertz CT molecular complexity index is 3570. The maximum absolute atomic E-state index is 14.9. The molecule has 1 saturated heterocycles. The minimum Gasteiger partial charge on any atom is -0.490 e. The van der Waals surface area contributed by atoms with Crippen LogP contribution in [0.5, 0.6) is 5.75 Å². The number of thiazole rings is 1. The van der Waals surface area contributed by atoms with E-state index >= 15 is 0 Å². The van der Waals surface area contributed by atoms with Crippen molar-refractivity contribution in [2.75, 3.05) is 6.54 Å². The van der Waals surface area contributed by atoms with E-state index in [4.69, 9.17) is 36.2 Å². The van der Waals surface area contributed by atoms with Crippen molar-refractivity contribution in [3.05, 3.63) is 134 Å². The smallest absolute Gasteiger partial charge is 0.323 e. The Kier molecular flexibility index (Phi) is 16.1. The molecule has 0 radical (unpaired) electrons. The molecule has 18 nitrogen and oxygen atoms in total. The number of hydrogen-bond donors (Lipinski definition) is 4. The Labute approximate surface area is 483 Å². The number of aromatic nitrogens is 4. The maximum atomic E-state index is 14.9. The number of carbonyl (C=O) groups is 5. The molecule has 10 rings (SSSR count). The molecule has 7 aromatic rings. The van der Waals surface area contributed by atoms with Crippen LogP contribution in [-0.4, -0.2) is 103 Å². The molecule has 81 heavy (non-hydrogen) atoms. The number of nitrogens with one attached hydrogen (secondary N) is 3. The molecule has 5 N–H and O–H groups in total. The van der Waals surface area contributed by atoms with Crippen LogP contribution < -0.4 is 26.4 Å². The van der Waals surface area contributed by atoms with Crippen LogP contribution in [-0.2, 0) is 23.9 Å². The summed E-state index contributed by atoms with van der Waals surface area (Å²) in [5.41, 5.74) is 14.1. The molecule has 3 aliphatic rings. The van der Waals surface area contributed by atoms with Gasteiger partial charge in [-0.25, -0.2) is 4.98 Å². The Balaban J connectivity index is 0.781. The lowest BCUT2D eigenvalue weighted by Gasteiger charge is -2.36. The summed E-state index contributed by atoms with van der Waals surface area (Å²) >= 11 is 9.50. The van der Waals surface area contributed by atoms with Crippen molar-refractivity contribution in [2.24, 2.45) is 22.1 Å². The number of esters is 1. The Hall–Kier alpha value is -7.26. The first-order valence-corrected chi connectivity index (χ1v) is 29.3. The van der Waals surface area contributed by atoms with Crippen LogP contribution in [0.2, 0.25) is 5.02 Å². The number of ether oxygens (including phenoxy) is 2. The number of aliphatic imine (C=N–C) groups is 1. The van der Waals surface area contributed by atoms with Gasteiger partial charge in [0.2, 0.25) is 17.7 Å². The second-order valence-corrected chi connectivity index (χ2v) is 25.4. The molecule has 3 aromatic carbocycles. The van der Waals surface area contributed by atoms with Crippen molar-refractivity contribution < 1.29 is 37.9 Å². The summed E-state index contributed by atoms with van der Waals surface area (Å²) in [5.74, 6) is -0.732. The number of furan rings is 1. The van der Waals surface area contributed by atoms with E-state index in [2.05, 4.69) is 45.0 Å². The molecule has 4 amide bonds. The minimum atomic E-state index is -1.13. The zero-order chi connectivity index (χ0) is 57.8. The number of carbonyl (C=O) groups excluding carboxylic acids is 5. The Morgan fingerprint density at radius 1 is 0.889 bits per heavy atom. The van der Waals surface area contributed by atoms with Gasteiger partial charge in [-0.3, -0.25) is 33.5 Å². The highest BCUT2D eigenvalue weighted by Gasteiger charge is 2.47. The second-order valence-electron chi connectivity index (χ2n) is 22.9. The van der Waals surface area contributed by atoms with E-state index in [-0.39, 0.29) is 49.1 Å². The summed E-state index contributed by atoms with van der Waals surface area (Å²) in [7, 11) is 0. The lowest BCUT2D eigenvalue weighted by molar-refractivity contribution is -0.152. The highest BCUT2D eigenvalue weighted by molar-refractivity contribution is 7.15. The average Bonchev–Trinajstić information content (AvgIpc) is 4.45. The minimum absolute atomic E-state index is 0.0290. The van der Waals surface area contributed by atoms with Gasteiger partial charge in [-0.05, 0) is 99.0 Å². The quantitative estimate of drug-likeness (QED) is 0.0662. The van der Waals surface area contributed by atoms with Crippen LogP contribution in [0.15, 0.2) is 87.7 Å². The number of rotatable bonds is 16. The molecule has 21 heteroatoms. The molecule has 424 valence electrons. The lowest BCUT2D eigenvalue weighted by atomic mass is 9.85. The van der Waals surface area contributed by atoms with Gasteiger partial charge < -0.3 is 40.5 Å². The van der Waals surface area contributed by atoms with Crippen LogP contribution in [0.1, 0.15) is 134 Å². The SMILES string of the molecule is Cc1ncsc1-c1ccc([C@H](C)NC(=O)[C@@H]2C[C@@H](OC(=O)[C@@H](N)C(C)C)CN2C(=O)[C@@H](NC(=O)c2cc3cc(OC4CC(NC(=O)C[C@@H]5N=C(c6ccc(Cl)cc6)c6c(sc(C)c6C)-n6c(C)nnc65)C4)ccc3o2)C(C)(C)C)cc1. The number of halogens is 1. The Morgan fingerprint density at radius 3 is 2.28 bits per heavy atom. The summed E-state index contributed by atoms with van der Waals surface area (Å²) in [6.07, 6.45) is 0.249. The number of thiophene rings is 1. The van der Waals surface area contributed by atoms with E-state index in [1.54, 1.807) is 52.4 Å². The van der Waals surface area contributed by atoms with E-state index < -0.39 is 65.4 Å². The molecule has 0 bridgehead atoms. The standard InChI is InChI=1S/C60H67ClN10O8S2/c1-29(2)50(62)59(76)78-43-25-45(55(73)64-31(4)35-11-13-37(14-12-35)52-32(5)63-28-80-52)70(27-43)57(75)53(60(8,9)10)67-56(74)47-22-38-21-41(19-20-46(38)79-47)77-42-23-40(24-42)65-48(72)26-44-54-69-68-34(7)71(54)58-49(30(3)33(6)81-58)51(66-44)36-15-17-39(61)18-16-36/h11-22,28-29,31,40,42-45,50,53H,23-27,62H2,1-10H3,(H,64,73)(H,65,72)(H,67,74)/t31-,40?,42?,43+,44-,45-,50-,53+/m0/s1. The fraction of sp³-hybridized carbons (Fsp3) is 0.417. The maximum Gasteiger partial charge on any atom is 0.323 e. The first-order valence-electron chi connectivity index (χ1n) is 27.2. The number of amides is 4. The summed E-state index contributed by atoms with van der Waals surface area (Å²) in [4.78, 5) is 83.5. The third kappa shape index (κ3) is 11.9. The number of aryl methyl sites for hydroxylation is 3. The molecular formula is C60H67ClN10O8S2. The molecule has 0 unspecified atom stereocenters. The van der Waals surface area contributed by atoms with Crippen LogP contribution in [0.25, 0.3) is 26.4 Å². The van der Waals surface area contributed by atoms with Crippen molar-refractivity contribution >= 4 is 80.6 Å². The summed E-state index contributed by atoms with van der Waals surface area (Å²) in [6.45, 7) is 18.9. The van der Waals surface area contributed by atoms with Crippen LogP contribution in [0, 0.1) is 39.0 Å². The highest BCUT2D eigenvalue weighted by atomic mass is 35.5. The number of hydrogen-bond acceptors (Lipinski definition) is 15. The third-order valence-corrected chi connectivity index (χ3v) is 17.9. The van der Waals surface area contributed by atoms with Crippen molar-refractivity contribution in [1.29, 1.82) is 0 Å². The Morgan fingerprint density at radius 2 is 1.60 bits per heavy atom. The molecule has 4 aromatic heterocycles. The van der Waals surface area contributed by atoms with Crippen molar-refractivity contribution in [3.63, 3.8) is 0 Å². The third-order valence-electron chi connectivity index (χ3n) is 15.5. The zero-order valence-electron chi connectivity index (χ0n) is 47.0. The molecule has 2 fully saturated rings. The van der Waals surface area contributed by atoms with Crippen LogP contribution >= 0.6 is 34.3 Å². The second kappa shape index (κ2) is 22.9. The fourth-order valence-corrected chi connectivity index (χ4v) is 12.7. The van der Waals surface area contributed by atoms with Crippen LogP contribution in [0.4, 0.5) is 0 Å². The molecule has 6 atom stereocenters. The van der Waals surface area contributed by atoms with Gasteiger partial charge in [0.1, 0.15) is 58.5 Å². The predicted molar refractivity (Wildman–Crippen MR) is 312 cm³/mol. The molecule has 6 heterocycles. The summed E-state index contributed by atoms with van der Waals surface area (Å²) in [6, 6.07) is 18.1. The van der Waals surface area contributed by atoms with E-state index in [9.17, 15) is 24.0 Å². The molecule has 1 aliphatic carbocycles. The normalized spacial score (nSPS) is 19.8. The number of likely N-dealkylation sites (tertiary alicyclic amines) is 1. The molecule has 0 spiro atoms. The predicted octanol–water partition coefficient (Wildman–Crippen LogP) is 9.61. The fourth-order valence-electron chi connectivity index (χ4n) is 10.6. The number of fused-ring (bicyclic) bond motifs is 4. The first-order chi connectivity index (χ1) is 38.5. The summed E-state index contributed by atoms with van der Waals surface area (Å²) in [5, 5.41) is 20.3. The van der Waals surface area contributed by atoms with Gasteiger partial charge in [-0.1, -0.05) is 82.6 Å². The molecule has 2 aliphatic heterocycles. The molecule has 1 saturated carbocycles. The first kappa shape index (κ1) is 57.0. The van der Waals surface area contributed by atoms with E-state index in [1.807, 2.05) is 108 Å².